The van der Waals surface area contributed by atoms with Gasteiger partial charge in [-0.1, -0.05) is 0 Å². The summed E-state index contributed by atoms with van der Waals surface area (Å²) in [7, 11) is 0. The lowest BCUT2D eigenvalue weighted by Gasteiger charge is -2.02. The van der Waals surface area contributed by atoms with Crippen molar-refractivity contribution in [3.05, 3.63) is 17.6 Å². The molecule has 1 heterocycles. The minimum atomic E-state index is 0.257. The van der Waals surface area contributed by atoms with Crippen molar-refractivity contribution in [1.82, 2.24) is 9.78 Å². The van der Waals surface area contributed by atoms with Crippen LogP contribution in [0.2, 0.25) is 0 Å². The van der Waals surface area contributed by atoms with Crippen LogP contribution in [0.1, 0.15) is 19.9 Å². The lowest BCUT2D eigenvalue weighted by Crippen LogP contribution is -2.01. The number of hydrogen-bond donors (Lipinski definition) is 1. The van der Waals surface area contributed by atoms with Gasteiger partial charge in [0, 0.05) is 12.2 Å². The minimum Gasteiger partial charge on any atom is -0.391 e. The molecule has 0 saturated heterocycles. The fraction of sp³-hybridized carbons (Fsp3) is 0.429. The molecule has 0 amide bonds. The second-order valence-corrected chi connectivity index (χ2v) is 2.59. The third-order valence-electron chi connectivity index (χ3n) is 1.39. The van der Waals surface area contributed by atoms with Crippen LogP contribution in [0.3, 0.4) is 0 Å². The molecule has 0 bridgehead atoms. The molecule has 4 heteroatoms. The van der Waals surface area contributed by atoms with Crippen LogP contribution in [0.15, 0.2) is 6.20 Å². The Bertz CT molecular complexity index is 292. The predicted molar refractivity (Wildman–Crippen MR) is 43.3 cm³/mol. The fourth-order valence-corrected chi connectivity index (χ4v) is 0.747. The zero-order valence-electron chi connectivity index (χ0n) is 6.57. The van der Waals surface area contributed by atoms with Crippen LogP contribution >= 0.6 is 0 Å². The molecule has 0 spiro atoms. The summed E-state index contributed by atoms with van der Waals surface area (Å²) in [5, 5.41) is 3.96. The summed E-state index contributed by atoms with van der Waals surface area (Å²) in [5.74, 6) is 0.314. The largest absolute Gasteiger partial charge is 0.391 e. The highest BCUT2D eigenvalue weighted by molar-refractivity contribution is 5.61. The second kappa shape index (κ2) is 2.62. The smallest absolute Gasteiger partial charge is 0.247 e. The average molecular weight is 150 g/mol. The van der Waals surface area contributed by atoms with Gasteiger partial charge in [-0.15, -0.1) is 0 Å². The highest BCUT2D eigenvalue weighted by Gasteiger charge is 2.05. The van der Waals surface area contributed by atoms with Crippen LogP contribution in [-0.2, 0) is 0 Å². The van der Waals surface area contributed by atoms with Crippen molar-refractivity contribution >= 4 is 11.5 Å². The molecule has 4 nitrogen and oxygen atoms in total. The predicted octanol–water partition coefficient (Wildman–Crippen LogP) is 1.60. The van der Waals surface area contributed by atoms with E-state index >= 15 is 0 Å². The summed E-state index contributed by atoms with van der Waals surface area (Å²) in [6.45, 7) is 10.7. The van der Waals surface area contributed by atoms with Crippen molar-refractivity contribution < 1.29 is 0 Å². The van der Waals surface area contributed by atoms with E-state index < -0.39 is 0 Å². The third kappa shape index (κ3) is 1.32. The van der Waals surface area contributed by atoms with Gasteiger partial charge in [-0.25, -0.2) is 4.85 Å². The molecule has 0 aliphatic carbocycles. The van der Waals surface area contributed by atoms with Crippen molar-refractivity contribution in [3.8, 4) is 0 Å². The van der Waals surface area contributed by atoms with Gasteiger partial charge in [0.15, 0.2) is 5.82 Å². The van der Waals surface area contributed by atoms with Crippen LogP contribution in [0.4, 0.5) is 11.5 Å². The molecule has 0 aliphatic heterocycles. The van der Waals surface area contributed by atoms with Gasteiger partial charge in [-0.05, 0) is 13.8 Å². The van der Waals surface area contributed by atoms with E-state index in [9.17, 15) is 0 Å². The molecule has 1 rings (SSSR count). The van der Waals surface area contributed by atoms with E-state index in [0.717, 1.165) is 0 Å². The first-order valence-corrected chi connectivity index (χ1v) is 3.37. The lowest BCUT2D eigenvalue weighted by molar-refractivity contribution is 0.535. The molecular weight excluding hydrogens is 140 g/mol. The maximum atomic E-state index is 6.73. The summed E-state index contributed by atoms with van der Waals surface area (Å²) in [6, 6.07) is 0.257. The first-order chi connectivity index (χ1) is 5.15. The second-order valence-electron chi connectivity index (χ2n) is 2.59. The molecule has 11 heavy (non-hydrogen) atoms. The molecule has 0 aliphatic rings. The quantitative estimate of drug-likeness (QED) is 0.618. The summed E-state index contributed by atoms with van der Waals surface area (Å²) in [4.78, 5) is 3.21. The van der Waals surface area contributed by atoms with Gasteiger partial charge < -0.3 is 5.73 Å². The number of nitrogen functional groups attached to an aromatic ring is 1. The molecule has 0 radical (unpaired) electrons. The van der Waals surface area contributed by atoms with Gasteiger partial charge in [0.05, 0.1) is 6.57 Å². The lowest BCUT2D eigenvalue weighted by atomic mass is 10.4. The molecule has 1 aromatic rings. The third-order valence-corrected chi connectivity index (χ3v) is 1.39. The van der Waals surface area contributed by atoms with Gasteiger partial charge in [-0.3, -0.25) is 4.68 Å². The first kappa shape index (κ1) is 7.61. The molecule has 0 aromatic carbocycles. The molecule has 0 atom stereocenters. The summed E-state index contributed by atoms with van der Waals surface area (Å²) in [6.07, 6.45) is 1.66. The number of hydrogen-bond acceptors (Lipinski definition) is 2. The Balaban J connectivity index is 3.07. The molecule has 0 unspecified atom stereocenters. The topological polar surface area (TPSA) is 48.2 Å². The van der Waals surface area contributed by atoms with Crippen LogP contribution in [0, 0.1) is 6.57 Å². The van der Waals surface area contributed by atoms with E-state index in [1.807, 2.05) is 13.8 Å². The molecule has 0 fully saturated rings. The number of nitrogens with two attached hydrogens (primary N) is 1. The van der Waals surface area contributed by atoms with Crippen LogP contribution < -0.4 is 5.73 Å². The highest BCUT2D eigenvalue weighted by Crippen LogP contribution is 2.21. The Morgan fingerprint density at radius 3 is 2.64 bits per heavy atom. The standard InChI is InChI=1S/C7H10N4/c1-5(2)11-4-6(9-3)7(8)10-11/h4-5H,1-2H3,(H2,8,10). The monoisotopic (exact) mass is 150 g/mol. The Morgan fingerprint density at radius 2 is 2.36 bits per heavy atom. The Morgan fingerprint density at radius 1 is 1.73 bits per heavy atom. The molecule has 0 saturated carbocycles. The number of aromatic nitrogens is 2. The van der Waals surface area contributed by atoms with Crippen molar-refractivity contribution in [2.24, 2.45) is 0 Å². The van der Waals surface area contributed by atoms with Crippen LogP contribution in [0.25, 0.3) is 4.85 Å². The van der Waals surface area contributed by atoms with E-state index in [0.29, 0.717) is 11.5 Å². The van der Waals surface area contributed by atoms with Gasteiger partial charge >= 0.3 is 0 Å². The van der Waals surface area contributed by atoms with Gasteiger partial charge in [0.2, 0.25) is 5.69 Å². The zero-order chi connectivity index (χ0) is 8.43. The Labute approximate surface area is 65.4 Å². The summed E-state index contributed by atoms with van der Waals surface area (Å²) < 4.78 is 1.68. The average Bonchev–Trinajstić information content (AvgIpc) is 2.31. The van der Waals surface area contributed by atoms with Crippen LogP contribution in [-0.4, -0.2) is 9.78 Å². The number of nitrogens with zero attached hydrogens (tertiary/aromatic N) is 3. The first-order valence-electron chi connectivity index (χ1n) is 3.37. The maximum Gasteiger partial charge on any atom is 0.247 e. The van der Waals surface area contributed by atoms with Crippen molar-refractivity contribution in [2.75, 3.05) is 5.73 Å². The van der Waals surface area contributed by atoms with Gasteiger partial charge in [0.25, 0.3) is 0 Å². The highest BCUT2D eigenvalue weighted by atomic mass is 15.3. The summed E-state index contributed by atoms with van der Waals surface area (Å²) in [5.41, 5.74) is 5.87. The maximum absolute atomic E-state index is 6.73. The molecule has 1 aromatic heterocycles. The Kier molecular flexibility index (Phi) is 1.81. The fourth-order valence-electron chi connectivity index (χ4n) is 0.747. The van der Waals surface area contributed by atoms with Crippen molar-refractivity contribution in [2.45, 2.75) is 19.9 Å². The van der Waals surface area contributed by atoms with E-state index in [1.54, 1.807) is 10.9 Å². The summed E-state index contributed by atoms with van der Waals surface area (Å²) >= 11 is 0. The van der Waals surface area contributed by atoms with E-state index in [-0.39, 0.29) is 6.04 Å². The van der Waals surface area contributed by atoms with Crippen molar-refractivity contribution in [3.63, 3.8) is 0 Å². The zero-order valence-corrected chi connectivity index (χ0v) is 6.57. The molecular formula is C7H10N4. The van der Waals surface area contributed by atoms with E-state index in [4.69, 9.17) is 12.3 Å². The van der Waals surface area contributed by atoms with E-state index in [2.05, 4.69) is 9.94 Å². The number of anilines is 1. The normalized spacial score (nSPS) is 10.0. The van der Waals surface area contributed by atoms with E-state index in [1.165, 1.54) is 0 Å². The van der Waals surface area contributed by atoms with Crippen molar-refractivity contribution in [1.29, 1.82) is 0 Å². The van der Waals surface area contributed by atoms with Gasteiger partial charge in [0.1, 0.15) is 0 Å². The SMILES string of the molecule is [C-]#[N+]c1cn(C(C)C)nc1N. The Hall–Kier alpha value is -1.50. The number of rotatable bonds is 1. The van der Waals surface area contributed by atoms with Gasteiger partial charge in [-0.2, -0.15) is 5.10 Å². The van der Waals surface area contributed by atoms with Crippen LogP contribution in [0.5, 0.6) is 0 Å². The minimum absolute atomic E-state index is 0.257. The molecule has 2 N–H and O–H groups in total. The molecule has 58 valence electrons.